The maximum Gasteiger partial charge on any atom is 0.0795 e. The van der Waals surface area contributed by atoms with Crippen molar-refractivity contribution < 1.29 is 0 Å². The molecule has 0 radical (unpaired) electrons. The molecule has 5 nitrogen and oxygen atoms in total. The molecule has 0 saturated carbocycles. The standard InChI is InChI=1S/C13H20BrN5/c1-6-15-12(13-10(14)7-16-19(13)5)11-8(2)17-18(4)9(11)3/h7,12,15H,6H2,1-5H3. The molecule has 2 rings (SSSR count). The van der Waals surface area contributed by atoms with Crippen molar-refractivity contribution in [3.8, 4) is 0 Å². The molecule has 0 aliphatic carbocycles. The predicted octanol–water partition coefficient (Wildman–Crippen LogP) is 2.23. The van der Waals surface area contributed by atoms with E-state index >= 15 is 0 Å². The lowest BCUT2D eigenvalue weighted by Gasteiger charge is -2.20. The van der Waals surface area contributed by atoms with Crippen LogP contribution in [0.1, 0.15) is 35.6 Å². The van der Waals surface area contributed by atoms with Gasteiger partial charge in [0.15, 0.2) is 0 Å². The van der Waals surface area contributed by atoms with Crippen LogP contribution < -0.4 is 5.32 Å². The minimum absolute atomic E-state index is 0.0978. The van der Waals surface area contributed by atoms with Gasteiger partial charge in [0, 0.05) is 25.4 Å². The van der Waals surface area contributed by atoms with Crippen LogP contribution in [0.5, 0.6) is 0 Å². The van der Waals surface area contributed by atoms with E-state index in [1.54, 1.807) is 0 Å². The molecule has 2 aromatic heterocycles. The molecule has 0 aliphatic rings. The maximum absolute atomic E-state index is 4.51. The number of nitrogens with one attached hydrogen (secondary N) is 1. The van der Waals surface area contributed by atoms with E-state index in [1.807, 2.05) is 29.7 Å². The number of nitrogens with zero attached hydrogens (tertiary/aromatic N) is 4. The third kappa shape index (κ3) is 2.47. The highest BCUT2D eigenvalue weighted by atomic mass is 79.9. The van der Waals surface area contributed by atoms with Gasteiger partial charge in [-0.2, -0.15) is 10.2 Å². The van der Waals surface area contributed by atoms with Crippen molar-refractivity contribution in [2.75, 3.05) is 6.54 Å². The van der Waals surface area contributed by atoms with E-state index in [9.17, 15) is 0 Å². The number of hydrogen-bond acceptors (Lipinski definition) is 3. The Morgan fingerprint density at radius 3 is 2.42 bits per heavy atom. The van der Waals surface area contributed by atoms with Crippen molar-refractivity contribution in [3.05, 3.63) is 33.3 Å². The lowest BCUT2D eigenvalue weighted by molar-refractivity contribution is 0.566. The molecule has 104 valence electrons. The largest absolute Gasteiger partial charge is 0.305 e. The zero-order valence-corrected chi connectivity index (χ0v) is 13.6. The molecule has 19 heavy (non-hydrogen) atoms. The minimum atomic E-state index is 0.0978. The quantitative estimate of drug-likeness (QED) is 0.937. The van der Waals surface area contributed by atoms with Gasteiger partial charge in [-0.1, -0.05) is 6.92 Å². The molecule has 0 bridgehead atoms. The molecule has 1 unspecified atom stereocenters. The first-order valence-corrected chi connectivity index (χ1v) is 7.17. The van der Waals surface area contributed by atoms with Crippen molar-refractivity contribution in [1.29, 1.82) is 0 Å². The van der Waals surface area contributed by atoms with Crippen LogP contribution in [0.3, 0.4) is 0 Å². The average Bonchev–Trinajstić information content (AvgIpc) is 2.79. The van der Waals surface area contributed by atoms with E-state index in [-0.39, 0.29) is 6.04 Å². The Hall–Kier alpha value is -1.14. The molecule has 0 amide bonds. The second kappa shape index (κ2) is 5.46. The molecule has 2 heterocycles. The molecule has 0 aliphatic heterocycles. The van der Waals surface area contributed by atoms with Crippen LogP contribution in [-0.2, 0) is 14.1 Å². The van der Waals surface area contributed by atoms with E-state index < -0.39 is 0 Å². The smallest absolute Gasteiger partial charge is 0.0795 e. The molecule has 2 aromatic rings. The van der Waals surface area contributed by atoms with Gasteiger partial charge in [0.05, 0.1) is 28.1 Å². The van der Waals surface area contributed by atoms with E-state index in [0.717, 1.165) is 22.4 Å². The summed E-state index contributed by atoms with van der Waals surface area (Å²) in [5.74, 6) is 0. The Morgan fingerprint density at radius 2 is 2.00 bits per heavy atom. The number of rotatable bonds is 4. The van der Waals surface area contributed by atoms with Crippen molar-refractivity contribution in [1.82, 2.24) is 24.9 Å². The second-order valence-corrected chi connectivity index (χ2v) is 5.55. The molecule has 0 saturated heterocycles. The SMILES string of the molecule is CCNC(c1c(C)nn(C)c1C)c1c(Br)cnn1C. The molecule has 1 atom stereocenters. The zero-order valence-electron chi connectivity index (χ0n) is 12.0. The number of hydrogen-bond donors (Lipinski definition) is 1. The highest BCUT2D eigenvalue weighted by Crippen LogP contribution is 2.31. The molecule has 0 fully saturated rings. The fourth-order valence-electron chi connectivity index (χ4n) is 2.49. The van der Waals surface area contributed by atoms with Crippen LogP contribution in [0.2, 0.25) is 0 Å². The monoisotopic (exact) mass is 325 g/mol. The molecule has 0 aromatic carbocycles. The van der Waals surface area contributed by atoms with Crippen molar-refractivity contribution in [3.63, 3.8) is 0 Å². The summed E-state index contributed by atoms with van der Waals surface area (Å²) in [5.41, 5.74) is 4.59. The normalized spacial score (nSPS) is 12.9. The lowest BCUT2D eigenvalue weighted by Crippen LogP contribution is -2.25. The average molecular weight is 326 g/mol. The Balaban J connectivity index is 2.58. The number of aryl methyl sites for hydroxylation is 3. The van der Waals surface area contributed by atoms with E-state index in [1.165, 1.54) is 11.3 Å². The van der Waals surface area contributed by atoms with Gasteiger partial charge in [-0.25, -0.2) is 0 Å². The Bertz CT molecular complexity index is 565. The van der Waals surface area contributed by atoms with E-state index in [0.29, 0.717) is 0 Å². The number of aromatic nitrogens is 4. The first-order valence-electron chi connectivity index (χ1n) is 6.38. The highest BCUT2D eigenvalue weighted by molar-refractivity contribution is 9.10. The Morgan fingerprint density at radius 1 is 1.32 bits per heavy atom. The summed E-state index contributed by atoms with van der Waals surface area (Å²) in [4.78, 5) is 0. The van der Waals surface area contributed by atoms with Gasteiger partial charge < -0.3 is 5.32 Å². The fourth-order valence-corrected chi connectivity index (χ4v) is 3.07. The van der Waals surface area contributed by atoms with Crippen LogP contribution in [0.25, 0.3) is 0 Å². The summed E-state index contributed by atoms with van der Waals surface area (Å²) in [6.07, 6.45) is 1.83. The third-order valence-electron chi connectivity index (χ3n) is 3.47. The van der Waals surface area contributed by atoms with E-state index in [4.69, 9.17) is 0 Å². The lowest BCUT2D eigenvalue weighted by atomic mass is 10.0. The summed E-state index contributed by atoms with van der Waals surface area (Å²) < 4.78 is 4.85. The third-order valence-corrected chi connectivity index (χ3v) is 4.08. The van der Waals surface area contributed by atoms with Gasteiger partial charge in [0.2, 0.25) is 0 Å². The van der Waals surface area contributed by atoms with Crippen LogP contribution in [0, 0.1) is 13.8 Å². The van der Waals surface area contributed by atoms with Gasteiger partial charge in [-0.05, 0) is 36.3 Å². The molecular formula is C13H20BrN5. The van der Waals surface area contributed by atoms with Crippen LogP contribution in [0.4, 0.5) is 0 Å². The van der Waals surface area contributed by atoms with Gasteiger partial charge >= 0.3 is 0 Å². The summed E-state index contributed by atoms with van der Waals surface area (Å²) in [6.45, 7) is 7.15. The first kappa shape index (κ1) is 14.3. The molecule has 1 N–H and O–H groups in total. The second-order valence-electron chi connectivity index (χ2n) is 4.70. The Labute approximate surface area is 122 Å². The maximum atomic E-state index is 4.51. The Kier molecular flexibility index (Phi) is 4.10. The van der Waals surface area contributed by atoms with Crippen LogP contribution >= 0.6 is 15.9 Å². The van der Waals surface area contributed by atoms with Gasteiger partial charge in [-0.3, -0.25) is 9.36 Å². The highest BCUT2D eigenvalue weighted by Gasteiger charge is 2.25. The summed E-state index contributed by atoms with van der Waals surface area (Å²) in [7, 11) is 3.94. The summed E-state index contributed by atoms with van der Waals surface area (Å²) >= 11 is 3.59. The van der Waals surface area contributed by atoms with Crippen molar-refractivity contribution in [2.45, 2.75) is 26.8 Å². The first-order chi connectivity index (χ1) is 8.97. The summed E-state index contributed by atoms with van der Waals surface area (Å²) in [5, 5.41) is 12.4. The summed E-state index contributed by atoms with van der Waals surface area (Å²) in [6, 6.07) is 0.0978. The topological polar surface area (TPSA) is 47.7 Å². The van der Waals surface area contributed by atoms with Crippen molar-refractivity contribution in [2.24, 2.45) is 14.1 Å². The minimum Gasteiger partial charge on any atom is -0.305 e. The van der Waals surface area contributed by atoms with Crippen molar-refractivity contribution >= 4 is 15.9 Å². The van der Waals surface area contributed by atoms with Gasteiger partial charge in [0.25, 0.3) is 0 Å². The molecular weight excluding hydrogens is 306 g/mol. The van der Waals surface area contributed by atoms with Gasteiger partial charge in [-0.15, -0.1) is 0 Å². The van der Waals surface area contributed by atoms with Crippen LogP contribution in [0.15, 0.2) is 10.7 Å². The van der Waals surface area contributed by atoms with Gasteiger partial charge in [0.1, 0.15) is 0 Å². The predicted molar refractivity (Wildman–Crippen MR) is 79.1 cm³/mol. The molecule has 0 spiro atoms. The molecule has 6 heteroatoms. The fraction of sp³-hybridized carbons (Fsp3) is 0.538. The zero-order chi connectivity index (χ0) is 14.2. The van der Waals surface area contributed by atoms with Crippen LogP contribution in [-0.4, -0.2) is 26.1 Å². The number of halogens is 1. The van der Waals surface area contributed by atoms with E-state index in [2.05, 4.69) is 52.2 Å².